The minimum absolute atomic E-state index is 0.0241. The zero-order chi connectivity index (χ0) is 22.4. The van der Waals surface area contributed by atoms with Crippen LogP contribution >= 0.6 is 12.3 Å². The summed E-state index contributed by atoms with van der Waals surface area (Å²) >= 11 is 0.0361. The first kappa shape index (κ1) is 20.8. The highest BCUT2D eigenvalue weighted by Crippen LogP contribution is 2.39. The molecule has 4 heterocycles. The van der Waals surface area contributed by atoms with Gasteiger partial charge in [-0.25, -0.2) is 23.7 Å². The van der Waals surface area contributed by atoms with Gasteiger partial charge in [0.1, 0.15) is 30.3 Å². The van der Waals surface area contributed by atoms with E-state index in [0.29, 0.717) is 33.9 Å². The Morgan fingerprint density at radius 3 is 2.69 bits per heavy atom. The predicted molar refractivity (Wildman–Crippen MR) is 114 cm³/mol. The van der Waals surface area contributed by atoms with E-state index < -0.39 is 12.5 Å². The molecule has 0 bridgehead atoms. The van der Waals surface area contributed by atoms with E-state index in [2.05, 4.69) is 19.9 Å². The molecule has 0 saturated heterocycles. The monoisotopic (exact) mass is 460 g/mol. The second-order valence-corrected chi connectivity index (χ2v) is 8.25. The molecule has 1 aliphatic rings. The lowest BCUT2D eigenvalue weighted by atomic mass is 10.2. The molecule has 7 nitrogen and oxygen atoms in total. The minimum Gasteiger partial charge on any atom is -0.471 e. The third kappa shape index (κ3) is 3.70. The van der Waals surface area contributed by atoms with Crippen LogP contribution in [-0.2, 0) is 13.3 Å². The maximum absolute atomic E-state index is 14.9. The fraction of sp³-hybridized carbons (Fsp3) is 0.333. The van der Waals surface area contributed by atoms with Gasteiger partial charge in [-0.2, -0.15) is 4.98 Å². The van der Waals surface area contributed by atoms with Crippen molar-refractivity contribution in [1.82, 2.24) is 28.5 Å². The average molecular weight is 460 g/mol. The van der Waals surface area contributed by atoms with Crippen LogP contribution in [0.15, 0.2) is 24.5 Å². The molecular weight excluding hydrogens is 441 g/mol. The van der Waals surface area contributed by atoms with Crippen molar-refractivity contribution in [2.45, 2.75) is 46.0 Å². The van der Waals surface area contributed by atoms with Gasteiger partial charge >= 0.3 is 0 Å². The quantitative estimate of drug-likeness (QED) is 0.377. The van der Waals surface area contributed by atoms with Crippen molar-refractivity contribution >= 4 is 23.4 Å². The van der Waals surface area contributed by atoms with E-state index in [-0.39, 0.29) is 42.3 Å². The lowest BCUT2D eigenvalue weighted by molar-refractivity contribution is 0.295. The largest absolute Gasteiger partial charge is 0.471 e. The summed E-state index contributed by atoms with van der Waals surface area (Å²) in [7, 11) is 0. The van der Waals surface area contributed by atoms with Crippen molar-refractivity contribution < 1.29 is 17.4 Å². The number of imidazole rings is 1. The van der Waals surface area contributed by atoms with Gasteiger partial charge in [-0.15, -0.1) is 3.89 Å². The van der Waals surface area contributed by atoms with Crippen LogP contribution in [0.4, 0.5) is 12.7 Å². The molecular formula is C21H19F3N6OS. The van der Waals surface area contributed by atoms with Gasteiger partial charge in [0.25, 0.3) is 0 Å². The Kier molecular flexibility index (Phi) is 5.28. The Balaban J connectivity index is 1.43. The summed E-state index contributed by atoms with van der Waals surface area (Å²) in [4.78, 5) is 17.0. The van der Waals surface area contributed by atoms with Gasteiger partial charge in [0, 0.05) is 29.7 Å². The molecule has 0 aliphatic heterocycles. The van der Waals surface area contributed by atoms with Crippen LogP contribution in [0.2, 0.25) is 0 Å². The fourth-order valence-corrected chi connectivity index (χ4v) is 4.07. The maximum atomic E-state index is 14.9. The molecule has 0 atom stereocenters. The van der Waals surface area contributed by atoms with E-state index >= 15 is 0 Å². The number of hydrogen-bond acceptors (Lipinski definition) is 6. The average Bonchev–Trinajstić information content (AvgIpc) is 3.44. The highest BCUT2D eigenvalue weighted by Gasteiger charge is 2.28. The summed E-state index contributed by atoms with van der Waals surface area (Å²) in [6, 6.07) is 3.26. The van der Waals surface area contributed by atoms with E-state index in [4.69, 9.17) is 4.74 Å². The van der Waals surface area contributed by atoms with Crippen molar-refractivity contribution in [3.8, 4) is 17.4 Å². The van der Waals surface area contributed by atoms with E-state index in [1.165, 1.54) is 16.2 Å². The number of alkyl halides is 1. The minimum atomic E-state index is -0.717. The van der Waals surface area contributed by atoms with Crippen molar-refractivity contribution in [2.24, 2.45) is 0 Å². The van der Waals surface area contributed by atoms with Gasteiger partial charge in [-0.1, -0.05) is 0 Å². The molecule has 0 N–H and O–H groups in total. The normalized spacial score (nSPS) is 13.8. The molecule has 0 amide bonds. The molecule has 1 saturated carbocycles. The van der Waals surface area contributed by atoms with Crippen molar-refractivity contribution in [3.63, 3.8) is 0 Å². The van der Waals surface area contributed by atoms with Gasteiger partial charge in [-0.3, -0.25) is 3.97 Å². The van der Waals surface area contributed by atoms with Crippen molar-refractivity contribution in [3.05, 3.63) is 53.1 Å². The van der Waals surface area contributed by atoms with Gasteiger partial charge in [0.05, 0.1) is 11.2 Å². The molecule has 0 unspecified atom stereocenters. The Bertz CT molecular complexity index is 1320. The van der Waals surface area contributed by atoms with Gasteiger partial charge in [-0.05, 0) is 38.8 Å². The number of halogens is 3. The smallest absolute Gasteiger partial charge is 0.243 e. The Labute approximate surface area is 186 Å². The van der Waals surface area contributed by atoms with Crippen LogP contribution in [0.25, 0.3) is 22.6 Å². The molecule has 166 valence electrons. The van der Waals surface area contributed by atoms with Crippen LogP contribution in [0, 0.1) is 19.7 Å². The molecule has 11 heteroatoms. The number of ether oxygens (including phenoxy) is 1. The SMILES string of the molecule is Cc1nc(OCc2cnc(-c3nc(CF)cn3C3CC3)c(F)c2)c2c(cc(C)n2SF)n1. The number of aromatic nitrogens is 6. The number of aryl methyl sites for hydroxylation is 2. The van der Waals surface area contributed by atoms with Crippen molar-refractivity contribution in [1.29, 1.82) is 0 Å². The van der Waals surface area contributed by atoms with Crippen LogP contribution < -0.4 is 4.74 Å². The molecule has 1 fully saturated rings. The molecule has 5 rings (SSSR count). The maximum Gasteiger partial charge on any atom is 0.243 e. The molecule has 0 radical (unpaired) electrons. The first-order chi connectivity index (χ1) is 15.5. The van der Waals surface area contributed by atoms with Gasteiger partial charge < -0.3 is 9.30 Å². The molecule has 32 heavy (non-hydrogen) atoms. The first-order valence-corrected chi connectivity index (χ1v) is 10.7. The Hall–Kier alpha value is -3.08. The predicted octanol–water partition coefficient (Wildman–Crippen LogP) is 5.21. The molecule has 4 aromatic heterocycles. The van der Waals surface area contributed by atoms with Crippen LogP contribution in [0.1, 0.15) is 41.7 Å². The molecule has 1 aliphatic carbocycles. The van der Waals surface area contributed by atoms with E-state index in [1.807, 2.05) is 0 Å². The fourth-order valence-electron chi connectivity index (χ4n) is 3.66. The van der Waals surface area contributed by atoms with E-state index in [0.717, 1.165) is 12.8 Å². The Morgan fingerprint density at radius 1 is 1.19 bits per heavy atom. The zero-order valence-electron chi connectivity index (χ0n) is 17.3. The standard InChI is InChI=1S/C21H19F3N6OS/c1-11-5-17-19(30(11)32-24)21(27-12(2)26-17)31-10-13-6-16(23)18(25-8-13)20-28-14(7-22)9-29(20)15-3-4-15/h5-6,8-9,15H,3-4,7,10H2,1-2H3. The summed E-state index contributed by atoms with van der Waals surface area (Å²) < 4.78 is 50.4. The number of rotatable bonds is 7. The number of hydrogen-bond donors (Lipinski definition) is 0. The third-order valence-electron chi connectivity index (χ3n) is 5.27. The summed E-state index contributed by atoms with van der Waals surface area (Å²) in [5.41, 5.74) is 2.43. The highest BCUT2D eigenvalue weighted by molar-refractivity contribution is 7.93. The van der Waals surface area contributed by atoms with E-state index in [9.17, 15) is 12.7 Å². The summed E-state index contributed by atoms with van der Waals surface area (Å²) in [6.45, 7) is 2.73. The molecule has 0 aromatic carbocycles. The van der Waals surface area contributed by atoms with Crippen LogP contribution in [0.5, 0.6) is 5.88 Å². The van der Waals surface area contributed by atoms with Crippen LogP contribution in [0.3, 0.4) is 0 Å². The number of fused-ring (bicyclic) bond motifs is 1. The van der Waals surface area contributed by atoms with Crippen LogP contribution in [-0.4, -0.2) is 28.5 Å². The second kappa shape index (κ2) is 8.12. The number of nitrogens with zero attached hydrogens (tertiary/aromatic N) is 6. The lowest BCUT2D eigenvalue weighted by Crippen LogP contribution is -2.05. The molecule has 4 aromatic rings. The highest BCUT2D eigenvalue weighted by atomic mass is 32.2. The number of pyridine rings is 1. The second-order valence-electron chi connectivity index (χ2n) is 7.75. The van der Waals surface area contributed by atoms with Crippen molar-refractivity contribution in [2.75, 3.05) is 0 Å². The topological polar surface area (TPSA) is 70.7 Å². The first-order valence-electron chi connectivity index (χ1n) is 10.1. The van der Waals surface area contributed by atoms with Gasteiger partial charge in [0.2, 0.25) is 5.88 Å². The Morgan fingerprint density at radius 2 is 2.00 bits per heavy atom. The zero-order valence-corrected chi connectivity index (χ0v) is 18.2. The summed E-state index contributed by atoms with van der Waals surface area (Å²) in [6.07, 6.45) is 5.01. The lowest BCUT2D eigenvalue weighted by Gasteiger charge is -2.10. The third-order valence-corrected chi connectivity index (χ3v) is 5.88. The summed E-state index contributed by atoms with van der Waals surface area (Å²) in [5.74, 6) is 0.425. The van der Waals surface area contributed by atoms with E-state index in [1.54, 1.807) is 30.7 Å². The van der Waals surface area contributed by atoms with Gasteiger partial charge in [0.15, 0.2) is 24.0 Å². The summed E-state index contributed by atoms with van der Waals surface area (Å²) in [5, 5.41) is 0. The molecule has 0 spiro atoms.